The van der Waals surface area contributed by atoms with Gasteiger partial charge < -0.3 is 4.74 Å². The summed E-state index contributed by atoms with van der Waals surface area (Å²) in [6.07, 6.45) is 3.47. The first-order valence-corrected chi connectivity index (χ1v) is 9.26. The zero-order chi connectivity index (χ0) is 17.4. The highest BCUT2D eigenvalue weighted by Crippen LogP contribution is 2.16. The van der Waals surface area contributed by atoms with Crippen LogP contribution in [-0.2, 0) is 16.6 Å². The Morgan fingerprint density at radius 2 is 1.96 bits per heavy atom. The van der Waals surface area contributed by atoms with Gasteiger partial charge in [0.05, 0.1) is 18.0 Å². The van der Waals surface area contributed by atoms with Crippen LogP contribution in [0.5, 0.6) is 5.75 Å². The first-order valence-electron chi connectivity index (χ1n) is 7.77. The molecule has 0 aliphatic rings. The van der Waals surface area contributed by atoms with E-state index >= 15 is 0 Å². The van der Waals surface area contributed by atoms with Gasteiger partial charge in [-0.1, -0.05) is 13.3 Å². The molecule has 2 rings (SSSR count). The van der Waals surface area contributed by atoms with Gasteiger partial charge in [0.2, 0.25) is 10.0 Å². The zero-order valence-corrected chi connectivity index (χ0v) is 14.3. The lowest BCUT2D eigenvalue weighted by Gasteiger charge is -2.09. The van der Waals surface area contributed by atoms with Gasteiger partial charge in [-0.3, -0.25) is 4.79 Å². The third-order valence-electron chi connectivity index (χ3n) is 3.30. The van der Waals surface area contributed by atoms with Crippen molar-refractivity contribution in [2.45, 2.75) is 31.2 Å². The van der Waals surface area contributed by atoms with E-state index in [1.807, 2.05) is 0 Å². The average Bonchev–Trinajstić information content (AvgIpc) is 2.57. The third kappa shape index (κ3) is 5.17. The Morgan fingerprint density at radius 3 is 2.62 bits per heavy atom. The van der Waals surface area contributed by atoms with Crippen LogP contribution in [-0.4, -0.2) is 31.3 Å². The van der Waals surface area contributed by atoms with Crippen LogP contribution in [0, 0.1) is 0 Å². The predicted molar refractivity (Wildman–Crippen MR) is 90.5 cm³/mol. The SMILES string of the molecule is CCCCOc1ccc(S(=O)(=O)NCCn2ncccc2=O)cc1. The number of nitrogens with one attached hydrogen (secondary N) is 1. The molecule has 0 unspecified atom stereocenters. The van der Waals surface area contributed by atoms with E-state index in [1.165, 1.54) is 35.1 Å². The molecule has 0 atom stereocenters. The highest BCUT2D eigenvalue weighted by atomic mass is 32.2. The van der Waals surface area contributed by atoms with Crippen LogP contribution in [0.2, 0.25) is 0 Å². The molecule has 1 aromatic heterocycles. The number of benzene rings is 1. The zero-order valence-electron chi connectivity index (χ0n) is 13.5. The molecule has 7 nitrogen and oxygen atoms in total. The number of nitrogens with zero attached hydrogens (tertiary/aromatic N) is 2. The quantitative estimate of drug-likeness (QED) is 0.690. The Kier molecular flexibility index (Phi) is 6.51. The molecule has 1 aromatic carbocycles. The van der Waals surface area contributed by atoms with Crippen LogP contribution in [0.4, 0.5) is 0 Å². The van der Waals surface area contributed by atoms with Crippen LogP contribution in [0.3, 0.4) is 0 Å². The van der Waals surface area contributed by atoms with Crippen molar-refractivity contribution in [3.63, 3.8) is 0 Å². The molecule has 2 aromatic rings. The minimum Gasteiger partial charge on any atom is -0.494 e. The number of sulfonamides is 1. The maximum Gasteiger partial charge on any atom is 0.266 e. The number of unbranched alkanes of at least 4 members (excludes halogenated alkanes) is 1. The van der Waals surface area contributed by atoms with E-state index in [4.69, 9.17) is 4.74 Å². The second-order valence-electron chi connectivity index (χ2n) is 5.16. The molecule has 0 saturated heterocycles. The summed E-state index contributed by atoms with van der Waals surface area (Å²) in [4.78, 5) is 11.7. The second kappa shape index (κ2) is 8.60. The number of ether oxygens (including phenoxy) is 1. The summed E-state index contributed by atoms with van der Waals surface area (Å²) in [5, 5.41) is 3.87. The van der Waals surface area contributed by atoms with Crippen LogP contribution >= 0.6 is 0 Å². The summed E-state index contributed by atoms with van der Waals surface area (Å²) in [7, 11) is -3.63. The van der Waals surface area contributed by atoms with Crippen molar-refractivity contribution in [2.24, 2.45) is 0 Å². The fourth-order valence-electron chi connectivity index (χ4n) is 1.97. The van der Waals surface area contributed by atoms with E-state index < -0.39 is 10.0 Å². The normalized spacial score (nSPS) is 11.4. The number of hydrogen-bond acceptors (Lipinski definition) is 5. The minimum absolute atomic E-state index is 0.0774. The van der Waals surface area contributed by atoms with E-state index in [9.17, 15) is 13.2 Å². The van der Waals surface area contributed by atoms with Gasteiger partial charge in [0.15, 0.2) is 0 Å². The van der Waals surface area contributed by atoms with Gasteiger partial charge in [0, 0.05) is 18.8 Å². The Balaban J connectivity index is 1.92. The van der Waals surface area contributed by atoms with Gasteiger partial charge in [0.1, 0.15) is 5.75 Å². The number of rotatable bonds is 9. The monoisotopic (exact) mass is 351 g/mol. The lowest BCUT2D eigenvalue weighted by atomic mass is 10.3. The fraction of sp³-hybridized carbons (Fsp3) is 0.375. The smallest absolute Gasteiger partial charge is 0.266 e. The molecule has 1 N–H and O–H groups in total. The Labute approximate surface area is 141 Å². The number of aromatic nitrogens is 2. The molecule has 0 amide bonds. The maximum atomic E-state index is 12.2. The highest BCUT2D eigenvalue weighted by molar-refractivity contribution is 7.89. The van der Waals surface area contributed by atoms with E-state index in [2.05, 4.69) is 16.7 Å². The third-order valence-corrected chi connectivity index (χ3v) is 4.78. The molecule has 24 heavy (non-hydrogen) atoms. The minimum atomic E-state index is -3.63. The van der Waals surface area contributed by atoms with Crippen molar-refractivity contribution in [1.82, 2.24) is 14.5 Å². The predicted octanol–water partition coefficient (Wildman–Crippen LogP) is 1.40. The summed E-state index contributed by atoms with van der Waals surface area (Å²) in [5.41, 5.74) is -0.273. The molecule has 0 bridgehead atoms. The van der Waals surface area contributed by atoms with Crippen LogP contribution in [0.15, 0.2) is 52.3 Å². The molecule has 0 aliphatic carbocycles. The van der Waals surface area contributed by atoms with Gasteiger partial charge in [-0.05, 0) is 36.8 Å². The first-order chi connectivity index (χ1) is 11.5. The van der Waals surface area contributed by atoms with Crippen molar-refractivity contribution >= 4 is 10.0 Å². The van der Waals surface area contributed by atoms with E-state index in [0.29, 0.717) is 12.4 Å². The van der Waals surface area contributed by atoms with Crippen LogP contribution < -0.4 is 15.0 Å². The van der Waals surface area contributed by atoms with Gasteiger partial charge >= 0.3 is 0 Å². The first kappa shape index (κ1) is 18.2. The topological polar surface area (TPSA) is 90.3 Å². The second-order valence-corrected chi connectivity index (χ2v) is 6.92. The number of hydrogen-bond donors (Lipinski definition) is 1. The van der Waals surface area contributed by atoms with Gasteiger partial charge in [0.25, 0.3) is 5.56 Å². The molecule has 0 fully saturated rings. The van der Waals surface area contributed by atoms with E-state index in [0.717, 1.165) is 12.8 Å². The Hall–Kier alpha value is -2.19. The van der Waals surface area contributed by atoms with Crippen molar-refractivity contribution in [2.75, 3.05) is 13.2 Å². The van der Waals surface area contributed by atoms with E-state index in [1.54, 1.807) is 12.1 Å². The molecule has 0 aliphatic heterocycles. The summed E-state index contributed by atoms with van der Waals surface area (Å²) >= 11 is 0. The fourth-order valence-corrected chi connectivity index (χ4v) is 2.99. The average molecular weight is 351 g/mol. The Morgan fingerprint density at radius 1 is 1.21 bits per heavy atom. The molecule has 0 saturated carbocycles. The highest BCUT2D eigenvalue weighted by Gasteiger charge is 2.13. The van der Waals surface area contributed by atoms with Crippen molar-refractivity contribution < 1.29 is 13.2 Å². The summed E-state index contributed by atoms with van der Waals surface area (Å²) in [5.74, 6) is 0.641. The van der Waals surface area contributed by atoms with Crippen LogP contribution in [0.25, 0.3) is 0 Å². The largest absolute Gasteiger partial charge is 0.494 e. The molecule has 1 heterocycles. The summed E-state index contributed by atoms with van der Waals surface area (Å²) in [6.45, 7) is 2.93. The van der Waals surface area contributed by atoms with Crippen LogP contribution in [0.1, 0.15) is 19.8 Å². The molecule has 0 radical (unpaired) electrons. The molecule has 0 spiro atoms. The van der Waals surface area contributed by atoms with E-state index in [-0.39, 0.29) is 23.5 Å². The summed E-state index contributed by atoms with van der Waals surface area (Å²) < 4.78 is 33.6. The van der Waals surface area contributed by atoms with Gasteiger partial charge in [-0.2, -0.15) is 5.10 Å². The Bertz CT molecular complexity index is 801. The maximum absolute atomic E-state index is 12.2. The molecule has 8 heteroatoms. The molecule has 130 valence electrons. The molecular formula is C16H21N3O4S. The van der Waals surface area contributed by atoms with Crippen molar-refractivity contribution in [3.8, 4) is 5.75 Å². The van der Waals surface area contributed by atoms with Gasteiger partial charge in [-0.15, -0.1) is 0 Å². The lowest BCUT2D eigenvalue weighted by Crippen LogP contribution is -2.31. The standard InChI is InChI=1S/C16H21N3O4S/c1-2-3-13-23-14-6-8-15(9-7-14)24(21,22)18-11-12-19-16(20)5-4-10-17-19/h4-10,18H,2-3,11-13H2,1H3. The van der Waals surface area contributed by atoms with Crippen molar-refractivity contribution in [1.29, 1.82) is 0 Å². The lowest BCUT2D eigenvalue weighted by molar-refractivity contribution is 0.309. The van der Waals surface area contributed by atoms with Gasteiger partial charge in [-0.25, -0.2) is 17.8 Å². The van der Waals surface area contributed by atoms with Crippen molar-refractivity contribution in [3.05, 3.63) is 52.9 Å². The molecular weight excluding hydrogens is 330 g/mol. The summed E-state index contributed by atoms with van der Waals surface area (Å²) in [6, 6.07) is 9.17.